The Morgan fingerprint density at radius 1 is 0.727 bits per heavy atom. The van der Waals surface area contributed by atoms with Crippen molar-refractivity contribution in [3.63, 3.8) is 0 Å². The first-order valence-electron chi connectivity index (χ1n) is 3.12. The number of hydrogen-bond acceptors (Lipinski definition) is 0. The van der Waals surface area contributed by atoms with E-state index in [9.17, 15) is 0 Å². The number of rotatable bonds is 0. The van der Waals surface area contributed by atoms with Gasteiger partial charge in [0.25, 0.3) is 0 Å². The van der Waals surface area contributed by atoms with Crippen molar-refractivity contribution in [2.75, 3.05) is 40.0 Å². The zero-order valence-corrected chi connectivity index (χ0v) is 13.7. The van der Waals surface area contributed by atoms with Crippen molar-refractivity contribution in [3.05, 3.63) is 7.43 Å². The fourth-order valence-electron chi connectivity index (χ4n) is 0. The van der Waals surface area contributed by atoms with Crippen molar-refractivity contribution in [2.45, 2.75) is 0 Å². The summed E-state index contributed by atoms with van der Waals surface area (Å²) in [5.41, 5.74) is 0. The van der Waals surface area contributed by atoms with Gasteiger partial charge in [-0.25, -0.2) is 0 Å². The maximum atomic E-state index is 4.61. The third-order valence-electron chi connectivity index (χ3n) is 0. The minimum atomic E-state index is 0. The predicted molar refractivity (Wildman–Crippen MR) is 64.4 cm³/mol. The van der Waals surface area contributed by atoms with Crippen molar-refractivity contribution in [3.8, 4) is 0 Å². The van der Waals surface area contributed by atoms with E-state index in [1.165, 1.54) is 0 Å². The second kappa shape index (κ2) is 22.6. The molecule has 0 rings (SSSR count). The van der Waals surface area contributed by atoms with E-state index in [0.29, 0.717) is 0 Å². The van der Waals surface area contributed by atoms with Gasteiger partial charge in [0.2, 0.25) is 0 Å². The van der Waals surface area contributed by atoms with E-state index in [1.54, 1.807) is 18.8 Å². The Hall–Kier alpha value is 1.84. The Balaban J connectivity index is -0.0000000339. The molecule has 0 N–H and O–H groups in total. The summed E-state index contributed by atoms with van der Waals surface area (Å²) >= 11 is 1.61. The van der Waals surface area contributed by atoms with Gasteiger partial charge in [-0.15, -0.1) is 0 Å². The van der Waals surface area contributed by atoms with Crippen LogP contribution < -0.4 is 0 Å². The zero-order valence-electron chi connectivity index (χ0n) is 8.69. The molecule has 0 bridgehead atoms. The molecule has 0 aliphatic rings. The van der Waals surface area contributed by atoms with Crippen LogP contribution in [0.15, 0.2) is 0 Å². The fourth-order valence-corrected chi connectivity index (χ4v) is 0. The molecule has 76 valence electrons. The Morgan fingerprint density at radius 3 is 0.727 bits per heavy atom. The Morgan fingerprint density at radius 2 is 0.727 bits per heavy atom. The second-order valence-electron chi connectivity index (χ2n) is 3.00. The molecular weight excluding hydrogens is 377 g/mol. The van der Waals surface area contributed by atoms with Gasteiger partial charge in [-0.2, -0.15) is 0 Å². The molecule has 0 aliphatic heterocycles. The van der Waals surface area contributed by atoms with Gasteiger partial charge in [0, 0.05) is 40.0 Å². The molecule has 0 aromatic heterocycles. The molecule has 4 heteroatoms. The van der Waals surface area contributed by atoms with Crippen LogP contribution in [0.1, 0.15) is 0 Å². The standard InChI is InChI=1S/2C3H9P.CH3.ClH.Pt/c2*1-4(2)3;;;/h2*1-3H3;1H3;1H;/q;;-1;;+2/p+1. The molecule has 0 unspecified atom stereocenters. The molecule has 0 atom stereocenters. The van der Waals surface area contributed by atoms with E-state index < -0.39 is 0 Å². The quantitative estimate of drug-likeness (QED) is 0.433. The number of hydrogen-bond donors (Lipinski definition) is 0. The molecule has 11 heavy (non-hydrogen) atoms. The first-order chi connectivity index (χ1) is 4.46. The number of halogens is 1. The van der Waals surface area contributed by atoms with Gasteiger partial charge in [0.15, 0.2) is 0 Å². The first-order valence-corrected chi connectivity index (χ1v) is 11.9. The summed E-state index contributed by atoms with van der Waals surface area (Å²) in [7, 11) is 4.85. The topological polar surface area (TPSA) is 0 Å². The summed E-state index contributed by atoms with van der Waals surface area (Å²) in [6, 6.07) is 0. The van der Waals surface area contributed by atoms with Crippen LogP contribution in [0.2, 0.25) is 0 Å². The second-order valence-corrected chi connectivity index (χ2v) is 9.00. The van der Waals surface area contributed by atoms with E-state index in [-0.39, 0.29) is 23.3 Å². The Bertz CT molecular complexity index is 31.9. The summed E-state index contributed by atoms with van der Waals surface area (Å²) in [4.78, 5) is 0. The van der Waals surface area contributed by atoms with Gasteiger partial charge in [-0.3, -0.25) is 0 Å². The van der Waals surface area contributed by atoms with Crippen LogP contribution in [-0.4, -0.2) is 40.0 Å². The average molecular weight is 400 g/mol. The zero-order chi connectivity index (χ0) is 9.15. The van der Waals surface area contributed by atoms with Crippen molar-refractivity contribution in [2.24, 2.45) is 0 Å². The van der Waals surface area contributed by atoms with Crippen LogP contribution in [0.4, 0.5) is 0 Å². The molecule has 0 amide bonds. The Labute approximate surface area is 91.2 Å². The van der Waals surface area contributed by atoms with Crippen LogP contribution in [0.5, 0.6) is 0 Å². The SMILES string of the molecule is C[PH+](C)C.C[PH+](C)C.[CH3-].[Cl][Pt+]. The van der Waals surface area contributed by atoms with Crippen LogP contribution in [0.25, 0.3) is 0 Å². The minimum absolute atomic E-state index is 0. The summed E-state index contributed by atoms with van der Waals surface area (Å²) in [6.07, 6.45) is 0. The fraction of sp³-hybridized carbons (Fsp3) is 0.857. The molecule has 0 nitrogen and oxygen atoms in total. The predicted octanol–water partition coefficient (Wildman–Crippen LogP) is 3.32. The van der Waals surface area contributed by atoms with E-state index in [2.05, 4.69) is 49.4 Å². The maximum absolute atomic E-state index is 4.61. The third-order valence-corrected chi connectivity index (χ3v) is 0. The molecule has 0 radical (unpaired) electrons. The monoisotopic (exact) mass is 399 g/mol. The van der Waals surface area contributed by atoms with Crippen molar-refractivity contribution >= 4 is 25.3 Å². The van der Waals surface area contributed by atoms with Crippen molar-refractivity contribution in [1.29, 1.82) is 0 Å². The van der Waals surface area contributed by atoms with Crippen LogP contribution >= 0.6 is 25.3 Å². The molecule has 0 saturated carbocycles. The molecule has 0 heterocycles. The van der Waals surface area contributed by atoms with Crippen molar-refractivity contribution < 1.29 is 18.8 Å². The van der Waals surface area contributed by atoms with Crippen molar-refractivity contribution in [1.82, 2.24) is 0 Å². The van der Waals surface area contributed by atoms with Crippen LogP contribution in [0, 0.1) is 7.43 Å². The molecule has 0 aliphatic carbocycles. The summed E-state index contributed by atoms with van der Waals surface area (Å²) < 4.78 is 0. The van der Waals surface area contributed by atoms with E-state index in [0.717, 1.165) is 0 Å². The summed E-state index contributed by atoms with van der Waals surface area (Å²) in [5, 5.41) is 0. The van der Waals surface area contributed by atoms with Gasteiger partial charge in [0.05, 0.1) is 0 Å². The van der Waals surface area contributed by atoms with Gasteiger partial charge < -0.3 is 7.43 Å². The van der Waals surface area contributed by atoms with Crippen LogP contribution in [-0.2, 0) is 18.8 Å². The normalized spacial score (nSPS) is 7.18. The summed E-state index contributed by atoms with van der Waals surface area (Å²) in [6.45, 7) is 13.6. The van der Waals surface area contributed by atoms with Gasteiger partial charge in [-0.1, -0.05) is 0 Å². The molecule has 0 spiro atoms. The Kier molecular flexibility index (Phi) is 47.4. The molecule has 0 saturated heterocycles. The van der Waals surface area contributed by atoms with E-state index in [1.807, 2.05) is 0 Å². The summed E-state index contributed by atoms with van der Waals surface area (Å²) in [5.74, 6) is 0. The van der Waals surface area contributed by atoms with E-state index in [4.69, 9.17) is 0 Å². The van der Waals surface area contributed by atoms with E-state index >= 15 is 0 Å². The molecule has 0 aromatic rings. The van der Waals surface area contributed by atoms with Crippen LogP contribution in [0.3, 0.4) is 0 Å². The first kappa shape index (κ1) is 23.0. The van der Waals surface area contributed by atoms with Gasteiger partial charge >= 0.3 is 28.2 Å². The molecule has 0 fully saturated rings. The van der Waals surface area contributed by atoms with Gasteiger partial charge in [-0.05, 0) is 15.8 Å². The average Bonchev–Trinajstić information content (AvgIpc) is 1.66. The van der Waals surface area contributed by atoms with Gasteiger partial charge in [0.1, 0.15) is 0 Å². The third kappa shape index (κ3) is 339. The molecular formula is C7H23ClP2Pt+2. The molecule has 0 aromatic carbocycles.